The fraction of sp³-hybridized carbons (Fsp3) is 0.643. The Bertz CT molecular complexity index is 605. The third kappa shape index (κ3) is 3.07. The van der Waals surface area contributed by atoms with Gasteiger partial charge in [0.25, 0.3) is 0 Å². The van der Waals surface area contributed by atoms with Gasteiger partial charge in [-0.2, -0.15) is 9.97 Å². The summed E-state index contributed by atoms with van der Waals surface area (Å²) in [5, 5.41) is 6.79. The predicted octanol–water partition coefficient (Wildman–Crippen LogP) is 2.16. The minimum absolute atomic E-state index is 0.00727. The molecule has 0 saturated carbocycles. The van der Waals surface area contributed by atoms with Crippen LogP contribution in [0.25, 0.3) is 11.2 Å². The molecule has 1 saturated heterocycles. The van der Waals surface area contributed by atoms with E-state index in [0.717, 1.165) is 50.4 Å². The molecule has 21 heavy (non-hydrogen) atoms. The van der Waals surface area contributed by atoms with Crippen molar-refractivity contribution in [2.75, 3.05) is 30.4 Å². The minimum Gasteiger partial charge on any atom is -0.381 e. The summed E-state index contributed by atoms with van der Waals surface area (Å²) >= 11 is 0. The Kier molecular flexibility index (Phi) is 3.92. The molecular weight excluding hydrogens is 268 g/mol. The molecule has 2 aromatic rings. The lowest BCUT2D eigenvalue weighted by molar-refractivity contribution is 0.0657. The predicted molar refractivity (Wildman–Crippen MR) is 82.5 cm³/mol. The van der Waals surface area contributed by atoms with E-state index in [1.165, 1.54) is 0 Å². The number of rotatable bonds is 5. The van der Waals surface area contributed by atoms with Crippen LogP contribution in [0, 0.1) is 0 Å². The van der Waals surface area contributed by atoms with Gasteiger partial charge in [0, 0.05) is 25.3 Å². The van der Waals surface area contributed by atoms with Gasteiger partial charge < -0.3 is 20.4 Å². The van der Waals surface area contributed by atoms with E-state index in [-0.39, 0.29) is 5.54 Å². The standard InChI is InChI=1S/C14H22N6O/c1-3-6-15-13-18-11-10(16-9-17-11)12(19-13)20-14(2)4-7-21-8-5-14/h9H,3-8H2,1-2H3,(H3,15,16,17,18,19,20). The topological polar surface area (TPSA) is 87.8 Å². The first kappa shape index (κ1) is 14.1. The van der Waals surface area contributed by atoms with Crippen LogP contribution in [0.4, 0.5) is 11.8 Å². The fourth-order valence-corrected chi connectivity index (χ4v) is 2.47. The number of fused-ring (bicyclic) bond motifs is 1. The average molecular weight is 290 g/mol. The van der Waals surface area contributed by atoms with E-state index >= 15 is 0 Å². The molecule has 2 aromatic heterocycles. The molecule has 0 aromatic carbocycles. The van der Waals surface area contributed by atoms with Crippen LogP contribution in [-0.4, -0.2) is 45.2 Å². The van der Waals surface area contributed by atoms with Crippen molar-refractivity contribution in [3.63, 3.8) is 0 Å². The fourth-order valence-electron chi connectivity index (χ4n) is 2.47. The van der Waals surface area contributed by atoms with Crippen LogP contribution in [0.1, 0.15) is 33.1 Å². The molecule has 7 nitrogen and oxygen atoms in total. The van der Waals surface area contributed by atoms with Gasteiger partial charge >= 0.3 is 0 Å². The van der Waals surface area contributed by atoms with E-state index in [0.29, 0.717) is 11.6 Å². The molecule has 0 spiro atoms. The molecule has 1 aliphatic rings. The Balaban J connectivity index is 1.90. The lowest BCUT2D eigenvalue weighted by Crippen LogP contribution is -2.41. The molecule has 0 amide bonds. The summed E-state index contributed by atoms with van der Waals surface area (Å²) in [7, 11) is 0. The Morgan fingerprint density at radius 3 is 2.90 bits per heavy atom. The number of imidazole rings is 1. The molecule has 0 atom stereocenters. The van der Waals surface area contributed by atoms with Crippen molar-refractivity contribution in [2.45, 2.75) is 38.6 Å². The monoisotopic (exact) mass is 290 g/mol. The highest BCUT2D eigenvalue weighted by Gasteiger charge is 2.28. The van der Waals surface area contributed by atoms with Gasteiger partial charge in [0.2, 0.25) is 5.95 Å². The van der Waals surface area contributed by atoms with Crippen molar-refractivity contribution < 1.29 is 4.74 Å². The van der Waals surface area contributed by atoms with Crippen LogP contribution in [0.3, 0.4) is 0 Å². The van der Waals surface area contributed by atoms with Crippen molar-refractivity contribution in [3.8, 4) is 0 Å². The van der Waals surface area contributed by atoms with Gasteiger partial charge in [0.1, 0.15) is 5.52 Å². The molecule has 3 heterocycles. The summed E-state index contributed by atoms with van der Waals surface area (Å²) in [4.78, 5) is 16.4. The number of aromatic amines is 1. The third-order valence-corrected chi connectivity index (χ3v) is 3.84. The Morgan fingerprint density at radius 2 is 2.14 bits per heavy atom. The maximum atomic E-state index is 5.45. The number of hydrogen-bond acceptors (Lipinski definition) is 6. The molecule has 7 heteroatoms. The largest absolute Gasteiger partial charge is 0.381 e. The van der Waals surface area contributed by atoms with Crippen molar-refractivity contribution in [2.24, 2.45) is 0 Å². The molecule has 0 radical (unpaired) electrons. The quantitative estimate of drug-likeness (QED) is 0.782. The lowest BCUT2D eigenvalue weighted by atomic mass is 9.92. The minimum atomic E-state index is -0.00727. The van der Waals surface area contributed by atoms with E-state index in [2.05, 4.69) is 44.4 Å². The highest BCUT2D eigenvalue weighted by atomic mass is 16.5. The second-order valence-electron chi connectivity index (χ2n) is 5.72. The summed E-state index contributed by atoms with van der Waals surface area (Å²) in [6.07, 6.45) is 4.61. The van der Waals surface area contributed by atoms with Crippen LogP contribution in [0.2, 0.25) is 0 Å². The van der Waals surface area contributed by atoms with Gasteiger partial charge in [-0.1, -0.05) is 6.92 Å². The molecule has 0 aliphatic carbocycles. The van der Waals surface area contributed by atoms with Crippen LogP contribution >= 0.6 is 0 Å². The first-order valence-electron chi connectivity index (χ1n) is 7.51. The first-order chi connectivity index (χ1) is 10.2. The number of ether oxygens (including phenoxy) is 1. The SMILES string of the molecule is CCCNc1nc(NC2(C)CCOCC2)c2[nH]cnc2n1. The van der Waals surface area contributed by atoms with Gasteiger partial charge in [-0.3, -0.25) is 0 Å². The number of H-pyrrole nitrogens is 1. The molecule has 3 N–H and O–H groups in total. The van der Waals surface area contributed by atoms with Crippen molar-refractivity contribution >= 4 is 22.9 Å². The molecule has 0 bridgehead atoms. The summed E-state index contributed by atoms with van der Waals surface area (Å²) in [5.41, 5.74) is 1.53. The summed E-state index contributed by atoms with van der Waals surface area (Å²) in [6, 6.07) is 0. The summed E-state index contributed by atoms with van der Waals surface area (Å²) < 4.78 is 5.45. The van der Waals surface area contributed by atoms with Gasteiger partial charge in [-0.15, -0.1) is 0 Å². The number of anilines is 2. The second-order valence-corrected chi connectivity index (χ2v) is 5.72. The summed E-state index contributed by atoms with van der Waals surface area (Å²) in [5.74, 6) is 1.43. The van der Waals surface area contributed by atoms with Crippen molar-refractivity contribution in [3.05, 3.63) is 6.33 Å². The van der Waals surface area contributed by atoms with Crippen molar-refractivity contribution in [1.29, 1.82) is 0 Å². The molecule has 1 aliphatic heterocycles. The normalized spacial score (nSPS) is 17.8. The number of nitrogens with one attached hydrogen (secondary N) is 3. The highest BCUT2D eigenvalue weighted by Crippen LogP contribution is 2.28. The van der Waals surface area contributed by atoms with E-state index in [1.54, 1.807) is 6.33 Å². The first-order valence-corrected chi connectivity index (χ1v) is 7.51. The molecule has 114 valence electrons. The molecule has 3 rings (SSSR count). The van der Waals surface area contributed by atoms with E-state index in [9.17, 15) is 0 Å². The Morgan fingerprint density at radius 1 is 1.33 bits per heavy atom. The third-order valence-electron chi connectivity index (χ3n) is 3.84. The van der Waals surface area contributed by atoms with Gasteiger partial charge in [0.05, 0.1) is 6.33 Å². The zero-order chi connectivity index (χ0) is 14.7. The van der Waals surface area contributed by atoms with Crippen molar-refractivity contribution in [1.82, 2.24) is 19.9 Å². The Labute approximate surface area is 123 Å². The Hall–Kier alpha value is -1.89. The zero-order valence-electron chi connectivity index (χ0n) is 12.6. The van der Waals surface area contributed by atoms with E-state index in [4.69, 9.17) is 4.74 Å². The van der Waals surface area contributed by atoms with Gasteiger partial charge in [-0.25, -0.2) is 4.98 Å². The maximum Gasteiger partial charge on any atom is 0.226 e. The number of aromatic nitrogens is 4. The molecule has 0 unspecified atom stereocenters. The number of hydrogen-bond donors (Lipinski definition) is 3. The average Bonchev–Trinajstić information content (AvgIpc) is 2.94. The number of nitrogens with zero attached hydrogens (tertiary/aromatic N) is 3. The highest BCUT2D eigenvalue weighted by molar-refractivity contribution is 5.84. The smallest absolute Gasteiger partial charge is 0.226 e. The summed E-state index contributed by atoms with van der Waals surface area (Å²) in [6.45, 7) is 6.73. The maximum absolute atomic E-state index is 5.45. The molecular formula is C14H22N6O. The van der Waals surface area contributed by atoms with Crippen LogP contribution in [-0.2, 0) is 4.74 Å². The van der Waals surface area contributed by atoms with Gasteiger partial charge in [-0.05, 0) is 26.2 Å². The van der Waals surface area contributed by atoms with Crippen LogP contribution in [0.5, 0.6) is 0 Å². The van der Waals surface area contributed by atoms with Gasteiger partial charge in [0.15, 0.2) is 11.5 Å². The molecule has 1 fully saturated rings. The second kappa shape index (κ2) is 5.85. The van der Waals surface area contributed by atoms with Crippen LogP contribution in [0.15, 0.2) is 6.33 Å². The van der Waals surface area contributed by atoms with E-state index < -0.39 is 0 Å². The zero-order valence-corrected chi connectivity index (χ0v) is 12.6. The van der Waals surface area contributed by atoms with E-state index in [1.807, 2.05) is 0 Å². The van der Waals surface area contributed by atoms with Crippen LogP contribution < -0.4 is 10.6 Å². The lowest BCUT2D eigenvalue weighted by Gasteiger charge is -2.35.